The number of hydrogen-bond donors (Lipinski definition) is 0. The summed E-state index contributed by atoms with van der Waals surface area (Å²) in [7, 11) is 1.97. The van der Waals surface area contributed by atoms with Crippen LogP contribution >= 0.6 is 27.3 Å². The van der Waals surface area contributed by atoms with Crippen LogP contribution in [0.1, 0.15) is 5.01 Å². The summed E-state index contributed by atoms with van der Waals surface area (Å²) in [6.45, 7) is 0.758. The van der Waals surface area contributed by atoms with Crippen LogP contribution in [0.15, 0.2) is 28.6 Å². The highest BCUT2D eigenvalue weighted by Crippen LogP contribution is 2.14. The number of rotatable bonds is 3. The second-order valence-electron chi connectivity index (χ2n) is 2.98. The van der Waals surface area contributed by atoms with Crippen LogP contribution in [-0.4, -0.2) is 22.0 Å². The van der Waals surface area contributed by atoms with E-state index in [0.29, 0.717) is 0 Å². The molecule has 0 bridgehead atoms. The van der Waals surface area contributed by atoms with Crippen molar-refractivity contribution in [3.8, 4) is 0 Å². The Morgan fingerprint density at radius 3 is 2.80 bits per heavy atom. The quantitative estimate of drug-likeness (QED) is 0.868. The van der Waals surface area contributed by atoms with Crippen molar-refractivity contribution in [2.24, 2.45) is 0 Å². The average molecular weight is 285 g/mol. The van der Waals surface area contributed by atoms with Crippen LogP contribution in [0, 0.1) is 0 Å². The molecule has 0 fully saturated rings. The van der Waals surface area contributed by atoms with E-state index in [2.05, 4.69) is 30.9 Å². The van der Waals surface area contributed by atoms with E-state index < -0.39 is 0 Å². The Kier molecular flexibility index (Phi) is 3.27. The maximum Gasteiger partial charge on any atom is 0.147 e. The van der Waals surface area contributed by atoms with E-state index in [-0.39, 0.29) is 0 Å². The summed E-state index contributed by atoms with van der Waals surface area (Å²) >= 11 is 4.89. The maximum absolute atomic E-state index is 4.25. The highest BCUT2D eigenvalue weighted by atomic mass is 79.9. The van der Waals surface area contributed by atoms with Crippen LogP contribution in [0.4, 0.5) is 5.82 Å². The summed E-state index contributed by atoms with van der Waals surface area (Å²) < 4.78 is 0.744. The van der Waals surface area contributed by atoms with Crippen LogP contribution in [0.2, 0.25) is 0 Å². The van der Waals surface area contributed by atoms with E-state index in [1.165, 1.54) is 0 Å². The van der Waals surface area contributed by atoms with Crippen molar-refractivity contribution in [2.75, 3.05) is 11.9 Å². The third kappa shape index (κ3) is 2.73. The minimum absolute atomic E-state index is 0.744. The summed E-state index contributed by atoms with van der Waals surface area (Å²) in [5, 5.41) is 3.04. The Hall–Kier alpha value is -1.01. The first-order valence-corrected chi connectivity index (χ1v) is 6.00. The summed E-state index contributed by atoms with van der Waals surface area (Å²) in [6.07, 6.45) is 5.23. The van der Waals surface area contributed by atoms with Crippen molar-refractivity contribution in [1.82, 2.24) is 15.0 Å². The molecule has 0 spiro atoms. The highest BCUT2D eigenvalue weighted by Gasteiger charge is 2.05. The molecule has 2 aromatic rings. The number of aromatic nitrogens is 3. The molecule has 0 aliphatic carbocycles. The van der Waals surface area contributed by atoms with Crippen molar-refractivity contribution < 1.29 is 0 Å². The lowest BCUT2D eigenvalue weighted by Gasteiger charge is -2.15. The van der Waals surface area contributed by atoms with E-state index in [1.807, 2.05) is 17.3 Å². The molecule has 0 aliphatic heterocycles. The van der Waals surface area contributed by atoms with Gasteiger partial charge in [-0.1, -0.05) is 0 Å². The molecule has 78 valence electrons. The van der Waals surface area contributed by atoms with Gasteiger partial charge in [0.2, 0.25) is 0 Å². The summed E-state index contributed by atoms with van der Waals surface area (Å²) in [5.41, 5.74) is 0. The van der Waals surface area contributed by atoms with Gasteiger partial charge in [-0.25, -0.2) is 15.0 Å². The normalized spacial score (nSPS) is 10.3. The van der Waals surface area contributed by atoms with Crippen molar-refractivity contribution in [1.29, 1.82) is 0 Å². The molecule has 0 aliphatic rings. The van der Waals surface area contributed by atoms with E-state index in [9.17, 15) is 0 Å². The molecule has 2 aromatic heterocycles. The molecule has 15 heavy (non-hydrogen) atoms. The number of nitrogens with zero attached hydrogens (tertiary/aromatic N) is 4. The van der Waals surface area contributed by atoms with Gasteiger partial charge in [-0.05, 0) is 15.9 Å². The van der Waals surface area contributed by atoms with Gasteiger partial charge in [0.25, 0.3) is 0 Å². The van der Waals surface area contributed by atoms with Crippen molar-refractivity contribution in [3.05, 3.63) is 33.6 Å². The molecule has 0 saturated heterocycles. The third-order valence-electron chi connectivity index (χ3n) is 1.85. The highest BCUT2D eigenvalue weighted by molar-refractivity contribution is 9.10. The lowest BCUT2D eigenvalue weighted by molar-refractivity contribution is 0.878. The monoisotopic (exact) mass is 284 g/mol. The molecular weight excluding hydrogens is 276 g/mol. The molecule has 0 N–H and O–H groups in total. The van der Waals surface area contributed by atoms with Crippen LogP contribution in [0.25, 0.3) is 0 Å². The van der Waals surface area contributed by atoms with Crippen LogP contribution < -0.4 is 4.90 Å². The maximum atomic E-state index is 4.25. The van der Waals surface area contributed by atoms with Gasteiger partial charge in [0, 0.05) is 18.6 Å². The van der Waals surface area contributed by atoms with Gasteiger partial charge >= 0.3 is 0 Å². The molecule has 0 amide bonds. The Labute approximate surface area is 100 Å². The summed E-state index contributed by atoms with van der Waals surface area (Å²) in [6, 6.07) is 0. The van der Waals surface area contributed by atoms with Crippen LogP contribution in [-0.2, 0) is 6.54 Å². The molecule has 0 aromatic carbocycles. The Balaban J connectivity index is 2.08. The number of hydrogen-bond acceptors (Lipinski definition) is 5. The van der Waals surface area contributed by atoms with E-state index in [4.69, 9.17) is 0 Å². The largest absolute Gasteiger partial charge is 0.352 e. The number of anilines is 1. The summed E-state index contributed by atoms with van der Waals surface area (Å²) in [4.78, 5) is 14.6. The van der Waals surface area contributed by atoms with Gasteiger partial charge < -0.3 is 4.90 Å². The van der Waals surface area contributed by atoms with Crippen molar-refractivity contribution in [3.63, 3.8) is 0 Å². The van der Waals surface area contributed by atoms with Crippen LogP contribution in [0.5, 0.6) is 0 Å². The SMILES string of the molecule is CN(Cc1nccs1)c1cnc(Br)cn1. The molecule has 0 radical (unpaired) electrons. The zero-order valence-electron chi connectivity index (χ0n) is 8.09. The molecule has 4 nitrogen and oxygen atoms in total. The molecule has 6 heteroatoms. The molecule has 0 atom stereocenters. The Morgan fingerprint density at radius 2 is 2.20 bits per heavy atom. The predicted molar refractivity (Wildman–Crippen MR) is 64.0 cm³/mol. The molecule has 0 saturated carbocycles. The molecule has 2 heterocycles. The van der Waals surface area contributed by atoms with Crippen molar-refractivity contribution in [2.45, 2.75) is 6.54 Å². The van der Waals surface area contributed by atoms with E-state index >= 15 is 0 Å². The first-order chi connectivity index (χ1) is 7.25. The zero-order valence-corrected chi connectivity index (χ0v) is 10.5. The fraction of sp³-hybridized carbons (Fsp3) is 0.222. The average Bonchev–Trinajstić information content (AvgIpc) is 2.71. The lowest BCUT2D eigenvalue weighted by Crippen LogP contribution is -2.17. The first kappa shape index (κ1) is 10.5. The fourth-order valence-corrected chi connectivity index (χ4v) is 1.99. The first-order valence-electron chi connectivity index (χ1n) is 4.33. The number of thiazole rings is 1. The minimum Gasteiger partial charge on any atom is -0.352 e. The van der Waals surface area contributed by atoms with Gasteiger partial charge in [0.15, 0.2) is 0 Å². The van der Waals surface area contributed by atoms with Crippen LogP contribution in [0.3, 0.4) is 0 Å². The zero-order chi connectivity index (χ0) is 10.7. The van der Waals surface area contributed by atoms with Crippen molar-refractivity contribution >= 4 is 33.1 Å². The Bertz CT molecular complexity index is 414. The second kappa shape index (κ2) is 4.67. The van der Waals surface area contributed by atoms with Gasteiger partial charge in [-0.3, -0.25) is 0 Å². The van der Waals surface area contributed by atoms with Gasteiger partial charge in [-0.15, -0.1) is 11.3 Å². The smallest absolute Gasteiger partial charge is 0.147 e. The molecular formula is C9H9BrN4S. The predicted octanol–water partition coefficient (Wildman–Crippen LogP) is 2.33. The topological polar surface area (TPSA) is 41.9 Å². The van der Waals surface area contributed by atoms with E-state index in [0.717, 1.165) is 22.0 Å². The third-order valence-corrected chi connectivity index (χ3v) is 3.03. The van der Waals surface area contributed by atoms with E-state index in [1.54, 1.807) is 29.9 Å². The summed E-state index contributed by atoms with van der Waals surface area (Å²) in [5.74, 6) is 0.841. The van der Waals surface area contributed by atoms with Gasteiger partial charge in [0.1, 0.15) is 15.4 Å². The minimum atomic E-state index is 0.744. The molecule has 0 unspecified atom stereocenters. The van der Waals surface area contributed by atoms with Gasteiger partial charge in [0.05, 0.1) is 18.9 Å². The Morgan fingerprint density at radius 1 is 1.33 bits per heavy atom. The molecule has 2 rings (SSSR count). The number of halogens is 1. The lowest BCUT2D eigenvalue weighted by atomic mass is 10.5. The fourth-order valence-electron chi connectivity index (χ4n) is 1.12. The second-order valence-corrected chi connectivity index (χ2v) is 4.77. The standard InChI is InChI=1S/C9H9BrN4S/c1-14(6-9-11-2-3-15-9)8-5-12-7(10)4-13-8/h2-5H,6H2,1H3. The van der Waals surface area contributed by atoms with Gasteiger partial charge in [-0.2, -0.15) is 0 Å².